The predicted molar refractivity (Wildman–Crippen MR) is 80.6 cm³/mol. The molecule has 0 radical (unpaired) electrons. The second-order valence-electron chi connectivity index (χ2n) is 4.79. The number of hydrogen-bond donors (Lipinski definition) is 0. The van der Waals surface area contributed by atoms with Gasteiger partial charge >= 0.3 is 5.97 Å². The zero-order valence-electron chi connectivity index (χ0n) is 12.2. The van der Waals surface area contributed by atoms with Crippen LogP contribution in [0.1, 0.15) is 42.1 Å². The number of benzene rings is 1. The van der Waals surface area contributed by atoms with Crippen molar-refractivity contribution in [3.8, 4) is 0 Å². The molecule has 0 aliphatic rings. The number of aromatic nitrogens is 1. The summed E-state index contributed by atoms with van der Waals surface area (Å²) in [6.07, 6.45) is 2.37. The third kappa shape index (κ3) is 2.80. The van der Waals surface area contributed by atoms with Gasteiger partial charge < -0.3 is 4.74 Å². The van der Waals surface area contributed by atoms with E-state index in [4.69, 9.17) is 10.3 Å². The van der Waals surface area contributed by atoms with Crippen LogP contribution in [0, 0.1) is 0 Å². The van der Waals surface area contributed by atoms with Crippen LogP contribution in [-0.4, -0.2) is 18.1 Å². The lowest BCUT2D eigenvalue weighted by Crippen LogP contribution is -2.03. The summed E-state index contributed by atoms with van der Waals surface area (Å²) in [5, 5.41) is 4.33. The molecule has 1 unspecified atom stereocenters. The Labute approximate surface area is 122 Å². The first-order chi connectivity index (χ1) is 10.1. The first kappa shape index (κ1) is 14.8. The van der Waals surface area contributed by atoms with E-state index in [2.05, 4.69) is 28.9 Å². The minimum absolute atomic E-state index is 0.170. The molecule has 0 saturated carbocycles. The van der Waals surface area contributed by atoms with Gasteiger partial charge in [-0.15, -0.1) is 0 Å². The van der Waals surface area contributed by atoms with E-state index in [9.17, 15) is 4.79 Å². The molecule has 0 spiro atoms. The Morgan fingerprint density at radius 2 is 2.29 bits per heavy atom. The number of esters is 1. The highest BCUT2D eigenvalue weighted by Crippen LogP contribution is 2.32. The maximum Gasteiger partial charge on any atom is 0.339 e. The molecule has 0 aliphatic heterocycles. The Morgan fingerprint density at radius 1 is 1.52 bits per heavy atom. The molecule has 1 aromatic heterocycles. The lowest BCUT2D eigenvalue weighted by atomic mass is 9.96. The molecule has 0 aliphatic carbocycles. The van der Waals surface area contributed by atoms with Crippen LogP contribution < -0.4 is 0 Å². The number of methoxy groups -OCH3 is 1. The number of carbonyl (C=O) groups is 1. The highest BCUT2D eigenvalue weighted by Gasteiger charge is 2.16. The van der Waals surface area contributed by atoms with Gasteiger partial charge in [-0.3, -0.25) is 4.98 Å². The Balaban J connectivity index is 2.76. The number of fused-ring (bicyclic) bond motifs is 1. The van der Waals surface area contributed by atoms with Crippen LogP contribution in [0.25, 0.3) is 21.3 Å². The second-order valence-corrected chi connectivity index (χ2v) is 4.79. The number of azide groups is 1. The highest BCUT2D eigenvalue weighted by atomic mass is 16.5. The van der Waals surface area contributed by atoms with Crippen LogP contribution in [0.4, 0.5) is 5.69 Å². The van der Waals surface area contributed by atoms with Gasteiger partial charge in [0.25, 0.3) is 0 Å². The monoisotopic (exact) mass is 284 g/mol. The molecule has 6 heteroatoms. The van der Waals surface area contributed by atoms with Crippen LogP contribution in [0.2, 0.25) is 0 Å². The van der Waals surface area contributed by atoms with Gasteiger partial charge in [0.15, 0.2) is 0 Å². The molecule has 2 aromatic rings. The van der Waals surface area contributed by atoms with Gasteiger partial charge in [-0.25, -0.2) is 4.79 Å². The first-order valence-corrected chi connectivity index (χ1v) is 6.68. The highest BCUT2D eigenvalue weighted by molar-refractivity contribution is 6.03. The van der Waals surface area contributed by atoms with Crippen LogP contribution >= 0.6 is 0 Å². The second kappa shape index (κ2) is 6.24. The largest absolute Gasteiger partial charge is 0.465 e. The number of hydrogen-bond acceptors (Lipinski definition) is 4. The van der Waals surface area contributed by atoms with Gasteiger partial charge in [0.1, 0.15) is 0 Å². The van der Waals surface area contributed by atoms with Gasteiger partial charge in [-0.1, -0.05) is 25.0 Å². The summed E-state index contributed by atoms with van der Waals surface area (Å²) in [5.74, 6) is -0.198. The molecule has 0 amide bonds. The van der Waals surface area contributed by atoms with E-state index in [0.29, 0.717) is 16.8 Å². The lowest BCUT2D eigenvalue weighted by molar-refractivity contribution is 0.0601. The lowest BCUT2D eigenvalue weighted by Gasteiger charge is -2.12. The number of rotatable bonds is 4. The average Bonchev–Trinajstić information content (AvgIpc) is 2.53. The normalized spacial score (nSPS) is 11.8. The number of nitrogens with zero attached hydrogens (tertiary/aromatic N) is 4. The molecule has 1 atom stereocenters. The van der Waals surface area contributed by atoms with E-state index < -0.39 is 5.97 Å². The standard InChI is InChI=1S/C15H16N4O2/c1-4-9(2)10-5-6-13-11(7-10)14(18-19-16)12(8-17-13)15(20)21-3/h5-9H,4H2,1-3H3. The molecular formula is C15H16N4O2. The van der Waals surface area contributed by atoms with Crippen molar-refractivity contribution < 1.29 is 9.53 Å². The van der Waals surface area contributed by atoms with Crippen molar-refractivity contribution in [1.82, 2.24) is 4.98 Å². The van der Waals surface area contributed by atoms with Crippen LogP contribution in [0.5, 0.6) is 0 Å². The molecule has 1 aromatic carbocycles. The summed E-state index contributed by atoms with van der Waals surface area (Å²) in [4.78, 5) is 18.8. The summed E-state index contributed by atoms with van der Waals surface area (Å²) in [7, 11) is 1.28. The number of carbonyl (C=O) groups excluding carboxylic acids is 1. The van der Waals surface area contributed by atoms with Crippen molar-refractivity contribution in [1.29, 1.82) is 0 Å². The Morgan fingerprint density at radius 3 is 2.90 bits per heavy atom. The summed E-state index contributed by atoms with van der Waals surface area (Å²) in [6.45, 7) is 4.22. The SMILES string of the molecule is CCC(C)c1ccc2ncc(C(=O)OC)c(N=[N+]=[N-])c2c1. The van der Waals surface area contributed by atoms with E-state index in [1.807, 2.05) is 18.2 Å². The summed E-state index contributed by atoms with van der Waals surface area (Å²) < 4.78 is 4.71. The van der Waals surface area contributed by atoms with Crippen LogP contribution in [0.15, 0.2) is 29.5 Å². The van der Waals surface area contributed by atoms with Crippen molar-refractivity contribution in [2.75, 3.05) is 7.11 Å². The van der Waals surface area contributed by atoms with Gasteiger partial charge in [0, 0.05) is 16.5 Å². The Kier molecular flexibility index (Phi) is 4.40. The zero-order chi connectivity index (χ0) is 15.4. The molecule has 21 heavy (non-hydrogen) atoms. The van der Waals surface area contributed by atoms with E-state index in [1.165, 1.54) is 13.3 Å². The minimum Gasteiger partial charge on any atom is -0.465 e. The first-order valence-electron chi connectivity index (χ1n) is 6.68. The topological polar surface area (TPSA) is 88.0 Å². The maximum absolute atomic E-state index is 11.8. The quantitative estimate of drug-likeness (QED) is 0.359. The predicted octanol–water partition coefficient (Wildman–Crippen LogP) is 4.48. The average molecular weight is 284 g/mol. The number of pyridine rings is 1. The van der Waals surface area contributed by atoms with Crippen molar-refractivity contribution >= 4 is 22.6 Å². The summed E-state index contributed by atoms with van der Waals surface area (Å²) >= 11 is 0. The molecule has 0 N–H and O–H groups in total. The maximum atomic E-state index is 11.8. The van der Waals surface area contributed by atoms with Crippen molar-refractivity contribution in [2.45, 2.75) is 26.2 Å². The Bertz CT molecular complexity index is 736. The third-order valence-electron chi connectivity index (χ3n) is 3.60. The van der Waals surface area contributed by atoms with Crippen LogP contribution in [-0.2, 0) is 4.74 Å². The molecule has 0 bridgehead atoms. The van der Waals surface area contributed by atoms with Crippen LogP contribution in [0.3, 0.4) is 0 Å². The third-order valence-corrected chi connectivity index (χ3v) is 3.60. The summed E-state index contributed by atoms with van der Waals surface area (Å²) in [6, 6.07) is 5.79. The minimum atomic E-state index is -0.569. The molecule has 108 valence electrons. The van der Waals surface area contributed by atoms with Crippen molar-refractivity contribution in [3.63, 3.8) is 0 Å². The smallest absolute Gasteiger partial charge is 0.339 e. The van der Waals surface area contributed by atoms with E-state index in [1.54, 1.807) is 0 Å². The molecule has 6 nitrogen and oxygen atoms in total. The van der Waals surface area contributed by atoms with E-state index in [-0.39, 0.29) is 11.3 Å². The molecule has 0 fully saturated rings. The zero-order valence-corrected chi connectivity index (χ0v) is 12.2. The molecule has 2 rings (SSSR count). The molecular weight excluding hydrogens is 268 g/mol. The van der Waals surface area contributed by atoms with Gasteiger partial charge in [-0.05, 0) is 35.6 Å². The van der Waals surface area contributed by atoms with Crippen molar-refractivity contribution in [3.05, 3.63) is 46.0 Å². The van der Waals surface area contributed by atoms with Gasteiger partial charge in [0.05, 0.1) is 23.9 Å². The van der Waals surface area contributed by atoms with E-state index in [0.717, 1.165) is 12.0 Å². The van der Waals surface area contributed by atoms with Gasteiger partial charge in [0.2, 0.25) is 0 Å². The Hall–Kier alpha value is -2.59. The molecule has 1 heterocycles. The van der Waals surface area contributed by atoms with Crippen molar-refractivity contribution in [2.24, 2.45) is 5.11 Å². The number of ether oxygens (including phenoxy) is 1. The van der Waals surface area contributed by atoms with Gasteiger partial charge in [-0.2, -0.15) is 0 Å². The fourth-order valence-electron chi connectivity index (χ4n) is 2.15. The van der Waals surface area contributed by atoms with E-state index >= 15 is 0 Å². The molecule has 0 saturated heterocycles. The summed E-state index contributed by atoms with van der Waals surface area (Å²) in [5.41, 5.74) is 11.0. The fourth-order valence-corrected chi connectivity index (χ4v) is 2.15. The fraction of sp³-hybridized carbons (Fsp3) is 0.333.